The Kier molecular flexibility index (Phi) is 5.24. The van der Waals surface area contributed by atoms with E-state index in [1.165, 1.54) is 11.8 Å². The molecule has 0 saturated carbocycles. The first-order chi connectivity index (χ1) is 9.04. The molecule has 6 nitrogen and oxygen atoms in total. The Balaban J connectivity index is 2.21. The van der Waals surface area contributed by atoms with Gasteiger partial charge in [-0.25, -0.2) is 0 Å². The van der Waals surface area contributed by atoms with Gasteiger partial charge in [-0.15, -0.1) is 11.8 Å². The van der Waals surface area contributed by atoms with Crippen molar-refractivity contribution in [3.63, 3.8) is 0 Å². The zero-order valence-corrected chi connectivity index (χ0v) is 11.3. The fourth-order valence-corrected chi connectivity index (χ4v) is 3.54. The molecule has 1 saturated heterocycles. The van der Waals surface area contributed by atoms with Crippen molar-refractivity contribution < 1.29 is 25.2 Å². The highest BCUT2D eigenvalue weighted by Gasteiger charge is 2.46. The minimum Gasteiger partial charge on any atom is -0.395 e. The van der Waals surface area contributed by atoms with Crippen molar-refractivity contribution in [1.29, 1.82) is 0 Å². The molecule has 7 atom stereocenters. The normalized spacial score (nSPS) is 47.9. The van der Waals surface area contributed by atoms with E-state index in [-0.39, 0.29) is 11.9 Å². The molecular weight excluding hydrogens is 270 g/mol. The van der Waals surface area contributed by atoms with Crippen molar-refractivity contribution in [2.24, 2.45) is 5.73 Å². The number of allylic oxidation sites excluding steroid dienone is 1. The van der Waals surface area contributed by atoms with E-state index >= 15 is 0 Å². The fourth-order valence-electron chi connectivity index (χ4n) is 2.34. The molecule has 1 fully saturated rings. The second-order valence-electron chi connectivity index (χ2n) is 4.99. The summed E-state index contributed by atoms with van der Waals surface area (Å²) in [6, 6.07) is -0.442. The van der Waals surface area contributed by atoms with Gasteiger partial charge < -0.3 is 30.9 Å². The zero-order chi connectivity index (χ0) is 14.0. The van der Waals surface area contributed by atoms with Crippen LogP contribution in [0.1, 0.15) is 12.8 Å². The molecule has 0 amide bonds. The highest BCUT2D eigenvalue weighted by Crippen LogP contribution is 2.34. The lowest BCUT2D eigenvalue weighted by atomic mass is 9.93. The fraction of sp³-hybridized carbons (Fsp3) is 0.833. The lowest BCUT2D eigenvalue weighted by molar-refractivity contribution is -0.202. The number of hydrogen-bond acceptors (Lipinski definition) is 7. The maximum absolute atomic E-state index is 9.94. The molecule has 0 spiro atoms. The average Bonchev–Trinajstić information content (AvgIpc) is 2.41. The van der Waals surface area contributed by atoms with Crippen molar-refractivity contribution in [2.75, 3.05) is 6.61 Å². The number of aliphatic hydroxyl groups excluding tert-OH is 4. The van der Waals surface area contributed by atoms with Crippen LogP contribution >= 0.6 is 11.8 Å². The first-order valence-electron chi connectivity index (χ1n) is 6.41. The van der Waals surface area contributed by atoms with E-state index in [9.17, 15) is 20.4 Å². The predicted molar refractivity (Wildman–Crippen MR) is 71.5 cm³/mol. The van der Waals surface area contributed by atoms with Crippen molar-refractivity contribution in [2.45, 2.75) is 54.0 Å². The number of rotatable bonds is 1. The quantitative estimate of drug-likeness (QED) is 0.376. The second kappa shape index (κ2) is 6.53. The minimum absolute atomic E-state index is 0.0447. The molecule has 110 valence electrons. The molecule has 7 heteroatoms. The van der Waals surface area contributed by atoms with Gasteiger partial charge in [0.1, 0.15) is 29.9 Å². The van der Waals surface area contributed by atoms with Gasteiger partial charge in [-0.1, -0.05) is 12.2 Å². The molecule has 2 rings (SSSR count). The summed E-state index contributed by atoms with van der Waals surface area (Å²) >= 11 is 1.26. The molecule has 2 heterocycles. The van der Waals surface area contributed by atoms with Crippen LogP contribution in [0.4, 0.5) is 0 Å². The van der Waals surface area contributed by atoms with Crippen molar-refractivity contribution in [1.82, 2.24) is 0 Å². The topological polar surface area (TPSA) is 116 Å². The van der Waals surface area contributed by atoms with Crippen LogP contribution in [0.5, 0.6) is 0 Å². The standard InChI is InChI=1S/C12H21NO5S/c13-7-4-2-1-3-6(5-14)19-12-10(17)8(15)9(16)11(7)18-12/h1-2,6-12,14-17H,3-5,13H2/t6?,7-,8+,9-,10-,11-,12-/m1/s1. The largest absolute Gasteiger partial charge is 0.395 e. The Bertz CT molecular complexity index is 329. The van der Waals surface area contributed by atoms with Gasteiger partial charge in [0.05, 0.1) is 6.61 Å². The number of aliphatic hydroxyl groups is 4. The smallest absolute Gasteiger partial charge is 0.132 e. The second-order valence-corrected chi connectivity index (χ2v) is 6.39. The molecule has 6 N–H and O–H groups in total. The van der Waals surface area contributed by atoms with E-state index in [0.717, 1.165) is 0 Å². The van der Waals surface area contributed by atoms with Crippen LogP contribution in [-0.4, -0.2) is 68.2 Å². The van der Waals surface area contributed by atoms with Gasteiger partial charge in [-0.2, -0.15) is 0 Å². The third kappa shape index (κ3) is 3.30. The van der Waals surface area contributed by atoms with Gasteiger partial charge in [0, 0.05) is 11.3 Å². The number of thioether (sulfide) groups is 1. The number of ether oxygens (including phenoxy) is 1. The zero-order valence-electron chi connectivity index (χ0n) is 10.5. The van der Waals surface area contributed by atoms with Crippen LogP contribution in [0, 0.1) is 0 Å². The van der Waals surface area contributed by atoms with Crippen molar-refractivity contribution >= 4 is 11.8 Å². The van der Waals surface area contributed by atoms with Gasteiger partial charge in [-0.3, -0.25) is 0 Å². The van der Waals surface area contributed by atoms with Gasteiger partial charge in [0.2, 0.25) is 0 Å². The van der Waals surface area contributed by atoms with E-state index in [0.29, 0.717) is 12.8 Å². The lowest BCUT2D eigenvalue weighted by Gasteiger charge is -2.43. The van der Waals surface area contributed by atoms with Gasteiger partial charge in [0.15, 0.2) is 0 Å². The first-order valence-corrected chi connectivity index (χ1v) is 7.35. The number of nitrogens with two attached hydrogens (primary N) is 1. The Morgan fingerprint density at radius 3 is 2.47 bits per heavy atom. The van der Waals surface area contributed by atoms with Gasteiger partial charge in [-0.05, 0) is 12.8 Å². The van der Waals surface area contributed by atoms with E-state index in [1.807, 2.05) is 12.2 Å². The monoisotopic (exact) mass is 291 g/mol. The summed E-state index contributed by atoms with van der Waals surface area (Å²) in [5, 5.41) is 38.9. The highest BCUT2D eigenvalue weighted by molar-refractivity contribution is 8.00. The predicted octanol–water partition coefficient (Wildman–Crippen LogP) is -1.43. The number of hydrogen-bond donors (Lipinski definition) is 5. The lowest BCUT2D eigenvalue weighted by Crippen LogP contribution is -2.61. The first kappa shape index (κ1) is 15.2. The maximum atomic E-state index is 9.94. The molecule has 2 aliphatic rings. The molecule has 0 aliphatic carbocycles. The summed E-state index contributed by atoms with van der Waals surface area (Å²) in [6.07, 6.45) is 0.571. The van der Waals surface area contributed by atoms with E-state index in [4.69, 9.17) is 10.5 Å². The van der Waals surface area contributed by atoms with Crippen LogP contribution < -0.4 is 5.73 Å². The third-order valence-corrected chi connectivity index (χ3v) is 4.92. The molecule has 19 heavy (non-hydrogen) atoms. The summed E-state index contributed by atoms with van der Waals surface area (Å²) in [5.74, 6) is 0. The summed E-state index contributed by atoms with van der Waals surface area (Å²) in [4.78, 5) is 0. The van der Waals surface area contributed by atoms with Crippen molar-refractivity contribution in [3.05, 3.63) is 12.2 Å². The van der Waals surface area contributed by atoms with Gasteiger partial charge >= 0.3 is 0 Å². The molecule has 0 radical (unpaired) electrons. The number of fused-ring (bicyclic) bond motifs is 2. The van der Waals surface area contributed by atoms with Crippen LogP contribution in [0.3, 0.4) is 0 Å². The van der Waals surface area contributed by atoms with Gasteiger partial charge in [0.25, 0.3) is 0 Å². The molecule has 0 aromatic rings. The Labute approximate surface area is 116 Å². The summed E-state index contributed by atoms with van der Waals surface area (Å²) in [7, 11) is 0. The highest BCUT2D eigenvalue weighted by atomic mass is 32.2. The molecular formula is C12H21NO5S. The van der Waals surface area contributed by atoms with E-state index in [2.05, 4.69) is 0 Å². The molecule has 2 aliphatic heterocycles. The molecule has 2 bridgehead atoms. The molecule has 0 aromatic heterocycles. The Morgan fingerprint density at radius 2 is 1.79 bits per heavy atom. The van der Waals surface area contributed by atoms with Crippen LogP contribution in [0.25, 0.3) is 0 Å². The SMILES string of the molecule is N[C@@H]1CC=CCC(CO)S[C@H]2O[C@H]1[C@H](O)[C@H](O)[C@H]2O. The van der Waals surface area contributed by atoms with E-state index in [1.54, 1.807) is 0 Å². The summed E-state index contributed by atoms with van der Waals surface area (Å²) in [6.45, 7) is -0.0447. The van der Waals surface area contributed by atoms with Crippen molar-refractivity contribution in [3.8, 4) is 0 Å². The van der Waals surface area contributed by atoms with Crippen LogP contribution in [0.2, 0.25) is 0 Å². The Morgan fingerprint density at radius 1 is 1.11 bits per heavy atom. The summed E-state index contributed by atoms with van der Waals surface area (Å²) < 4.78 is 5.64. The molecule has 1 unspecified atom stereocenters. The third-order valence-electron chi connectivity index (χ3n) is 3.53. The molecule has 0 aromatic carbocycles. The maximum Gasteiger partial charge on any atom is 0.132 e. The Hall–Kier alpha value is -0.150. The minimum atomic E-state index is -1.29. The van der Waals surface area contributed by atoms with Crippen LogP contribution in [0.15, 0.2) is 12.2 Å². The summed E-state index contributed by atoms with van der Waals surface area (Å²) in [5.41, 5.74) is 5.26. The average molecular weight is 291 g/mol. The van der Waals surface area contributed by atoms with E-state index < -0.39 is 35.9 Å². The van der Waals surface area contributed by atoms with Crippen LogP contribution in [-0.2, 0) is 4.74 Å².